The number of fused-ring (bicyclic) bond motifs is 2. The van der Waals surface area contributed by atoms with Crippen LogP contribution < -0.4 is 24.3 Å². The molecule has 0 aromatic heterocycles. The van der Waals surface area contributed by atoms with E-state index in [4.69, 9.17) is 33.2 Å². The molecule has 0 radical (unpaired) electrons. The van der Waals surface area contributed by atoms with E-state index in [1.54, 1.807) is 25.2 Å². The summed E-state index contributed by atoms with van der Waals surface area (Å²) in [4.78, 5) is 86.6. The molecule has 3 fully saturated rings. The van der Waals surface area contributed by atoms with E-state index in [2.05, 4.69) is 11.4 Å². The zero-order valence-corrected chi connectivity index (χ0v) is 48.6. The van der Waals surface area contributed by atoms with Crippen molar-refractivity contribution in [1.82, 2.24) is 5.32 Å². The number of hydrogen-bond acceptors (Lipinski definition) is 17. The Balaban J connectivity index is 1.06. The van der Waals surface area contributed by atoms with Crippen molar-refractivity contribution in [2.24, 2.45) is 17.8 Å². The predicted molar refractivity (Wildman–Crippen MR) is 303 cm³/mol. The van der Waals surface area contributed by atoms with Gasteiger partial charge in [0.25, 0.3) is 0 Å². The first kappa shape index (κ1) is 60.5. The number of hydrogen-bond donors (Lipinski definition) is 5. The lowest BCUT2D eigenvalue weighted by atomic mass is 9.51. The van der Waals surface area contributed by atoms with Crippen LogP contribution in [0.2, 0.25) is 0 Å². The first-order chi connectivity index (χ1) is 39.2. The van der Waals surface area contributed by atoms with Gasteiger partial charge < -0.3 is 58.9 Å². The third-order valence-electron chi connectivity index (χ3n) is 16.8. The van der Waals surface area contributed by atoms with Gasteiger partial charge in [0.2, 0.25) is 12.2 Å². The van der Waals surface area contributed by atoms with Gasteiger partial charge in [-0.2, -0.15) is 0 Å². The maximum atomic E-state index is 16.0. The van der Waals surface area contributed by atoms with E-state index in [0.717, 1.165) is 16.7 Å². The zero-order valence-electron chi connectivity index (χ0n) is 48.6. The van der Waals surface area contributed by atoms with E-state index >= 15 is 9.59 Å². The second-order valence-corrected chi connectivity index (χ2v) is 24.0. The normalized spacial score (nSPS) is 28.6. The molecule has 7 unspecified atom stereocenters. The Morgan fingerprint density at radius 1 is 0.843 bits per heavy atom. The lowest BCUT2D eigenvalue weighted by Crippen LogP contribution is -2.72. The number of aliphatic hydroxyl groups excluding tert-OH is 4. The standard InChI is InChI=1S/C65H75NO17/c1-34(2)15-14-26-63(10)27-25-44-54(81-63)43(23-18-35(3)4)56-49(55(44)80-59(75)37(6)29-46(68)40-19-21-42(22-20-40)78-61-53(72)52(71)51(70)47(32-67)79-61)50(69)45-30-41-31-48-62(8,9)83-64(57(41)73,65(45,48)82-56)28-24-36(5)58(74)66-38(7)60(76)77-33-39-16-12-11-13-17-39/h11-13,15-22,24-25,27,30,37-38,41,47-48,51-53,61,67,70-72H,14,23,26,28-29,31-33H2,1-10H3,(H,66,74)/b36-24-/t37?,38?,41?,47-,48?,51-,52+,53-,61-,63?,64?,65?/m1/s1. The fraction of sp³-hybridized carbons (Fsp3) is 0.477. The van der Waals surface area contributed by atoms with Crippen molar-refractivity contribution >= 4 is 41.3 Å². The number of ether oxygens (including phenoxy) is 7. The number of allylic oxidation sites excluding steroid dienone is 5. The average molecular weight is 1140 g/mol. The Hall–Kier alpha value is -7.06. The van der Waals surface area contributed by atoms with Gasteiger partial charge >= 0.3 is 11.9 Å². The van der Waals surface area contributed by atoms with Gasteiger partial charge in [-0.1, -0.05) is 72.7 Å². The van der Waals surface area contributed by atoms with Crippen LogP contribution in [0.3, 0.4) is 0 Å². The van der Waals surface area contributed by atoms with Crippen LogP contribution in [0, 0.1) is 17.8 Å². The molecule has 10 rings (SSSR count). The topological polar surface area (TPSA) is 260 Å². The Morgan fingerprint density at radius 3 is 2.22 bits per heavy atom. The van der Waals surface area contributed by atoms with Crippen LogP contribution in [0.15, 0.2) is 107 Å². The first-order valence-electron chi connectivity index (χ1n) is 28.3. The summed E-state index contributed by atoms with van der Waals surface area (Å²) in [5.74, 6) is -5.47. The Morgan fingerprint density at radius 2 is 1.54 bits per heavy atom. The molecule has 7 aliphatic rings. The van der Waals surface area contributed by atoms with Gasteiger partial charge in [-0.3, -0.25) is 24.0 Å². The van der Waals surface area contributed by atoms with E-state index in [0.29, 0.717) is 36.1 Å². The van der Waals surface area contributed by atoms with Crippen molar-refractivity contribution in [3.8, 4) is 23.0 Å². The summed E-state index contributed by atoms with van der Waals surface area (Å²) in [6, 6.07) is 13.9. The maximum Gasteiger partial charge on any atom is 0.328 e. The predicted octanol–water partition coefficient (Wildman–Crippen LogP) is 7.69. The number of benzene rings is 3. The second kappa shape index (κ2) is 23.5. The van der Waals surface area contributed by atoms with Crippen molar-refractivity contribution in [1.29, 1.82) is 0 Å². The molecule has 3 aliphatic carbocycles. The van der Waals surface area contributed by atoms with Crippen LogP contribution in [0.1, 0.15) is 139 Å². The second-order valence-electron chi connectivity index (χ2n) is 24.0. The van der Waals surface area contributed by atoms with E-state index in [9.17, 15) is 39.6 Å². The molecule has 1 amide bonds. The van der Waals surface area contributed by atoms with E-state index in [-0.39, 0.29) is 71.2 Å². The van der Waals surface area contributed by atoms with Crippen molar-refractivity contribution in [3.05, 3.63) is 135 Å². The maximum absolute atomic E-state index is 16.0. The lowest BCUT2D eigenvalue weighted by Gasteiger charge is -2.56. The zero-order chi connectivity index (χ0) is 60.1. The minimum absolute atomic E-state index is 0.0209. The van der Waals surface area contributed by atoms with Crippen molar-refractivity contribution in [2.75, 3.05) is 6.61 Å². The van der Waals surface area contributed by atoms with Gasteiger partial charge in [-0.15, -0.1) is 0 Å². The molecular weight excluding hydrogens is 1070 g/mol. The summed E-state index contributed by atoms with van der Waals surface area (Å²) in [7, 11) is 0. The van der Waals surface area contributed by atoms with Gasteiger partial charge in [0.15, 0.2) is 34.3 Å². The van der Waals surface area contributed by atoms with Crippen LogP contribution >= 0.6 is 0 Å². The Labute approximate surface area is 483 Å². The van der Waals surface area contributed by atoms with E-state index in [1.165, 1.54) is 38.1 Å². The summed E-state index contributed by atoms with van der Waals surface area (Å²) in [6.07, 6.45) is 4.65. The summed E-state index contributed by atoms with van der Waals surface area (Å²) in [5.41, 5.74) is -1.44. The van der Waals surface area contributed by atoms with Crippen molar-refractivity contribution in [3.63, 3.8) is 0 Å². The molecule has 18 heteroatoms. The molecule has 1 saturated carbocycles. The molecule has 3 aromatic rings. The van der Waals surface area contributed by atoms with Crippen LogP contribution in [0.25, 0.3) is 6.08 Å². The molecule has 4 heterocycles. The van der Waals surface area contributed by atoms with Gasteiger partial charge in [0.1, 0.15) is 65.5 Å². The average Bonchev–Trinajstić information content (AvgIpc) is 1.58. The minimum atomic E-state index is -1.84. The fourth-order valence-electron chi connectivity index (χ4n) is 12.2. The highest BCUT2D eigenvalue weighted by atomic mass is 16.7. The van der Waals surface area contributed by atoms with Crippen molar-refractivity contribution in [2.45, 2.75) is 174 Å². The monoisotopic (exact) mass is 1140 g/mol. The molecule has 18 nitrogen and oxygen atoms in total. The number of carbonyl (C=O) groups excluding carboxylic acids is 6. The number of carbonyl (C=O) groups is 6. The van der Waals surface area contributed by atoms with Gasteiger partial charge in [-0.05, 0) is 130 Å². The van der Waals surface area contributed by atoms with E-state index < -0.39 is 113 Å². The molecule has 4 bridgehead atoms. The summed E-state index contributed by atoms with van der Waals surface area (Å²) >= 11 is 0. The number of ketones is 3. The molecule has 1 spiro atoms. The minimum Gasteiger partial charge on any atom is -0.482 e. The van der Waals surface area contributed by atoms with Crippen LogP contribution in [-0.2, 0) is 46.4 Å². The summed E-state index contributed by atoms with van der Waals surface area (Å²) < 4.78 is 44.7. The molecule has 5 N–H and O–H groups in total. The first-order valence-corrected chi connectivity index (χ1v) is 28.3. The Bertz CT molecular complexity index is 3240. The quantitative estimate of drug-likeness (QED) is 0.0239. The van der Waals surface area contributed by atoms with Gasteiger partial charge in [0, 0.05) is 47.0 Å². The SMILES string of the molecule is CC(C)=CCCC1(C)C=Cc2c(c(CC=C(C)C)c3c(c2OC(=O)C(C)CC(=O)c2ccc(O[C@@H]4O[C@H](CO)[C@@H](O)[C@H](O)[C@H]4O)cc2)C(=O)C2=CC4CC5C(C)(C)OC(C/C=C(/C)C(=O)NC(C)C(=O)OCc6ccccc6)(C4=O)C25O3)O1. The molecule has 2 saturated heterocycles. The fourth-order valence-corrected chi connectivity index (χ4v) is 12.2. The summed E-state index contributed by atoms with van der Waals surface area (Å²) in [6.45, 7) is 17.6. The van der Waals surface area contributed by atoms with Crippen LogP contribution in [0.4, 0.5) is 0 Å². The third kappa shape index (κ3) is 11.4. The number of rotatable bonds is 20. The molecule has 4 aliphatic heterocycles. The Kier molecular flexibility index (Phi) is 17.2. The molecular formula is C65H75NO17. The highest BCUT2D eigenvalue weighted by molar-refractivity contribution is 6.19. The lowest BCUT2D eigenvalue weighted by molar-refractivity contribution is -0.277. The largest absolute Gasteiger partial charge is 0.482 e. The van der Waals surface area contributed by atoms with Crippen molar-refractivity contribution < 1.29 is 82.4 Å². The molecule has 83 heavy (non-hydrogen) atoms. The number of nitrogens with one attached hydrogen (secondary N) is 1. The number of aliphatic hydroxyl groups is 4. The number of amides is 1. The smallest absolute Gasteiger partial charge is 0.328 e. The van der Waals surface area contributed by atoms with Crippen LogP contribution in [-0.4, -0.2) is 121 Å². The number of Topliss-reactive ketones (excluding diaryl/α,β-unsaturated/α-hetero) is 3. The van der Waals surface area contributed by atoms with Gasteiger partial charge in [-0.25, -0.2) is 4.79 Å². The highest BCUT2D eigenvalue weighted by Crippen LogP contribution is 2.69. The molecule has 3 aromatic carbocycles. The van der Waals surface area contributed by atoms with Gasteiger partial charge in [0.05, 0.1) is 23.7 Å². The van der Waals surface area contributed by atoms with E-state index in [1.807, 2.05) is 91.0 Å². The number of esters is 2. The highest BCUT2D eigenvalue weighted by Gasteiger charge is 2.81. The van der Waals surface area contributed by atoms with Crippen LogP contribution in [0.5, 0.6) is 23.0 Å². The molecule has 12 atom stereocenters. The summed E-state index contributed by atoms with van der Waals surface area (Å²) in [5, 5.41) is 43.2. The molecule has 442 valence electrons. The third-order valence-corrected chi connectivity index (χ3v) is 16.8.